The smallest absolute Gasteiger partial charge is 0.253 e. The molecule has 3 heterocycles. The molecule has 0 radical (unpaired) electrons. The Morgan fingerprint density at radius 1 is 1.07 bits per heavy atom. The van der Waals surface area contributed by atoms with Crippen molar-refractivity contribution in [2.75, 3.05) is 45.9 Å². The molecule has 1 aromatic rings. The average Bonchev–Trinajstić information content (AvgIpc) is 2.73. The monoisotopic (exact) mass is 383 g/mol. The summed E-state index contributed by atoms with van der Waals surface area (Å²) in [6.07, 6.45) is 5.37. The van der Waals surface area contributed by atoms with Gasteiger partial charge in [0.25, 0.3) is 5.91 Å². The van der Waals surface area contributed by atoms with E-state index in [1.165, 1.54) is 6.42 Å². The molecule has 2 amide bonds. The predicted octanol–water partition coefficient (Wildman–Crippen LogP) is 2.01. The van der Waals surface area contributed by atoms with Crippen LogP contribution in [0, 0.1) is 0 Å². The average molecular weight is 383 g/mol. The summed E-state index contributed by atoms with van der Waals surface area (Å²) in [5, 5.41) is 0. The summed E-state index contributed by atoms with van der Waals surface area (Å²) in [5.74, 6) is 1.10. The number of piperidine rings is 1. The Morgan fingerprint density at radius 3 is 2.64 bits per heavy atom. The van der Waals surface area contributed by atoms with Crippen molar-refractivity contribution in [1.29, 1.82) is 0 Å². The number of ether oxygens (including phenoxy) is 1. The maximum Gasteiger partial charge on any atom is 0.253 e. The third-order valence-corrected chi connectivity index (χ3v) is 6.05. The molecule has 0 bridgehead atoms. The van der Waals surface area contributed by atoms with Gasteiger partial charge in [-0.15, -0.1) is 0 Å². The molecule has 150 valence electrons. The Morgan fingerprint density at radius 2 is 1.86 bits per heavy atom. The zero-order chi connectivity index (χ0) is 19.5. The zero-order valence-electron chi connectivity index (χ0n) is 16.6. The molecule has 3 aliphatic rings. The summed E-state index contributed by atoms with van der Waals surface area (Å²) < 4.78 is 5.72. The number of hydrogen-bond acceptors (Lipinski definition) is 4. The Hall–Kier alpha value is -2.34. The standard InChI is InChI=1S/C22H29N3O3/c1-17-6-4-5-9-25(17)21(26)15-23-10-12-24(13-11-23)22(27)19-14-18-7-2-3-8-20(18)28-16-19/h2-3,7-8,14,17H,4-6,9-13,15-16H2,1H3. The minimum atomic E-state index is 0.0464. The first-order chi connectivity index (χ1) is 13.6. The van der Waals surface area contributed by atoms with Gasteiger partial charge in [0, 0.05) is 44.3 Å². The van der Waals surface area contributed by atoms with Crippen LogP contribution in [0.15, 0.2) is 29.8 Å². The van der Waals surface area contributed by atoms with Crippen molar-refractivity contribution in [3.63, 3.8) is 0 Å². The van der Waals surface area contributed by atoms with E-state index in [1.807, 2.05) is 40.1 Å². The molecular formula is C22H29N3O3. The lowest BCUT2D eigenvalue weighted by Gasteiger charge is -2.38. The van der Waals surface area contributed by atoms with Crippen molar-refractivity contribution >= 4 is 17.9 Å². The van der Waals surface area contributed by atoms with Crippen LogP contribution in [0.1, 0.15) is 31.7 Å². The fraction of sp³-hybridized carbons (Fsp3) is 0.545. The second kappa shape index (κ2) is 8.35. The van der Waals surface area contributed by atoms with Crippen molar-refractivity contribution in [3.05, 3.63) is 35.4 Å². The van der Waals surface area contributed by atoms with E-state index >= 15 is 0 Å². The van der Waals surface area contributed by atoms with Crippen LogP contribution in [-0.2, 0) is 9.59 Å². The Balaban J connectivity index is 1.30. The van der Waals surface area contributed by atoms with Gasteiger partial charge in [-0.05, 0) is 38.3 Å². The first-order valence-electron chi connectivity index (χ1n) is 10.4. The van der Waals surface area contributed by atoms with Crippen LogP contribution >= 0.6 is 0 Å². The van der Waals surface area contributed by atoms with E-state index in [2.05, 4.69) is 11.8 Å². The number of hydrogen-bond donors (Lipinski definition) is 0. The highest BCUT2D eigenvalue weighted by molar-refractivity contribution is 5.99. The van der Waals surface area contributed by atoms with Crippen LogP contribution in [0.5, 0.6) is 5.75 Å². The van der Waals surface area contributed by atoms with Crippen LogP contribution in [0.4, 0.5) is 0 Å². The molecule has 28 heavy (non-hydrogen) atoms. The van der Waals surface area contributed by atoms with Crippen molar-refractivity contribution < 1.29 is 14.3 Å². The summed E-state index contributed by atoms with van der Waals surface area (Å²) in [6, 6.07) is 8.12. The number of piperazine rings is 1. The van der Waals surface area contributed by atoms with Crippen molar-refractivity contribution in [2.24, 2.45) is 0 Å². The highest BCUT2D eigenvalue weighted by atomic mass is 16.5. The fourth-order valence-electron chi connectivity index (χ4n) is 4.30. The Labute approximate surface area is 166 Å². The molecule has 2 saturated heterocycles. The molecule has 0 aromatic heterocycles. The third-order valence-electron chi connectivity index (χ3n) is 6.05. The first-order valence-corrected chi connectivity index (χ1v) is 10.4. The number of likely N-dealkylation sites (tertiary alicyclic amines) is 1. The lowest BCUT2D eigenvalue weighted by atomic mass is 10.0. The molecule has 1 aromatic carbocycles. The summed E-state index contributed by atoms with van der Waals surface area (Å²) in [5.41, 5.74) is 1.65. The van der Waals surface area contributed by atoms with Gasteiger partial charge < -0.3 is 14.5 Å². The molecule has 6 heteroatoms. The van der Waals surface area contributed by atoms with Crippen molar-refractivity contribution in [3.8, 4) is 5.75 Å². The second-order valence-electron chi connectivity index (χ2n) is 8.00. The van der Waals surface area contributed by atoms with Crippen LogP contribution in [0.25, 0.3) is 6.08 Å². The van der Waals surface area contributed by atoms with Gasteiger partial charge >= 0.3 is 0 Å². The third kappa shape index (κ3) is 4.07. The topological polar surface area (TPSA) is 53.1 Å². The minimum absolute atomic E-state index is 0.0464. The van der Waals surface area contributed by atoms with E-state index in [-0.39, 0.29) is 11.8 Å². The minimum Gasteiger partial charge on any atom is -0.488 e. The van der Waals surface area contributed by atoms with Crippen LogP contribution < -0.4 is 4.74 Å². The van der Waals surface area contributed by atoms with E-state index in [1.54, 1.807) is 0 Å². The summed E-state index contributed by atoms with van der Waals surface area (Å²) in [7, 11) is 0. The quantitative estimate of drug-likeness (QED) is 0.801. The lowest BCUT2D eigenvalue weighted by Crippen LogP contribution is -2.53. The van der Waals surface area contributed by atoms with Gasteiger partial charge in [0.2, 0.25) is 5.91 Å². The number of benzene rings is 1. The largest absolute Gasteiger partial charge is 0.488 e. The molecule has 0 saturated carbocycles. The van der Waals surface area contributed by atoms with Gasteiger partial charge in [-0.3, -0.25) is 14.5 Å². The lowest BCUT2D eigenvalue weighted by molar-refractivity contribution is -0.136. The van der Waals surface area contributed by atoms with E-state index in [9.17, 15) is 9.59 Å². The van der Waals surface area contributed by atoms with Crippen LogP contribution in [-0.4, -0.2) is 78.4 Å². The number of fused-ring (bicyclic) bond motifs is 1. The number of rotatable bonds is 3. The molecular weight excluding hydrogens is 354 g/mol. The molecule has 4 rings (SSSR count). The zero-order valence-corrected chi connectivity index (χ0v) is 16.6. The number of carbonyl (C=O) groups excluding carboxylic acids is 2. The van der Waals surface area contributed by atoms with Crippen LogP contribution in [0.3, 0.4) is 0 Å². The second-order valence-corrected chi connectivity index (χ2v) is 8.00. The van der Waals surface area contributed by atoms with E-state index in [0.29, 0.717) is 37.9 Å². The summed E-state index contributed by atoms with van der Waals surface area (Å²) in [6.45, 7) is 6.60. The molecule has 2 fully saturated rings. The van der Waals surface area contributed by atoms with Crippen LogP contribution in [0.2, 0.25) is 0 Å². The molecule has 6 nitrogen and oxygen atoms in total. The molecule has 0 aliphatic carbocycles. The Kier molecular flexibility index (Phi) is 5.67. The van der Waals surface area contributed by atoms with Gasteiger partial charge in [-0.2, -0.15) is 0 Å². The maximum absolute atomic E-state index is 12.9. The molecule has 1 atom stereocenters. The molecule has 3 aliphatic heterocycles. The van der Waals surface area contributed by atoms with Gasteiger partial charge in [0.05, 0.1) is 12.1 Å². The molecule has 0 spiro atoms. The van der Waals surface area contributed by atoms with Gasteiger partial charge in [0.1, 0.15) is 12.4 Å². The van der Waals surface area contributed by atoms with E-state index < -0.39 is 0 Å². The number of para-hydroxylation sites is 1. The highest BCUT2D eigenvalue weighted by Gasteiger charge is 2.29. The number of nitrogens with zero attached hydrogens (tertiary/aromatic N) is 3. The van der Waals surface area contributed by atoms with Gasteiger partial charge in [-0.25, -0.2) is 0 Å². The van der Waals surface area contributed by atoms with Gasteiger partial charge in [0.15, 0.2) is 0 Å². The fourth-order valence-corrected chi connectivity index (χ4v) is 4.30. The number of carbonyl (C=O) groups is 2. The summed E-state index contributed by atoms with van der Waals surface area (Å²) >= 11 is 0. The first kappa shape index (κ1) is 19.0. The maximum atomic E-state index is 12.9. The van der Waals surface area contributed by atoms with E-state index in [0.717, 1.165) is 43.8 Å². The summed E-state index contributed by atoms with van der Waals surface area (Å²) in [4.78, 5) is 31.6. The normalized spacial score (nSPS) is 22.9. The Bertz CT molecular complexity index is 768. The van der Waals surface area contributed by atoms with Crippen molar-refractivity contribution in [1.82, 2.24) is 14.7 Å². The highest BCUT2D eigenvalue weighted by Crippen LogP contribution is 2.26. The SMILES string of the molecule is CC1CCCCN1C(=O)CN1CCN(C(=O)C2=Cc3ccccc3OC2)CC1. The number of amides is 2. The molecule has 1 unspecified atom stereocenters. The predicted molar refractivity (Wildman–Crippen MR) is 108 cm³/mol. The van der Waals surface area contributed by atoms with E-state index in [4.69, 9.17) is 4.74 Å². The molecule has 0 N–H and O–H groups in total. The van der Waals surface area contributed by atoms with Gasteiger partial charge in [-0.1, -0.05) is 18.2 Å². The van der Waals surface area contributed by atoms with Crippen molar-refractivity contribution in [2.45, 2.75) is 32.2 Å².